The zero-order valence-electron chi connectivity index (χ0n) is 10.3. The number of aryl methyl sites for hydroxylation is 1. The summed E-state index contributed by atoms with van der Waals surface area (Å²) >= 11 is 0. The van der Waals surface area contributed by atoms with Crippen LogP contribution < -0.4 is 5.73 Å². The molecule has 2 aromatic rings. The van der Waals surface area contributed by atoms with Crippen LogP contribution >= 0.6 is 0 Å². The Balaban J connectivity index is 2.57. The molecule has 2 rings (SSSR count). The fraction of sp³-hybridized carbons (Fsp3) is 0.429. The van der Waals surface area contributed by atoms with Gasteiger partial charge < -0.3 is 10.3 Å². The van der Waals surface area contributed by atoms with Crippen molar-refractivity contribution in [3.63, 3.8) is 0 Å². The van der Waals surface area contributed by atoms with Crippen LogP contribution in [0.4, 0.5) is 0 Å². The van der Waals surface area contributed by atoms with Crippen LogP contribution in [0.5, 0.6) is 0 Å². The summed E-state index contributed by atoms with van der Waals surface area (Å²) in [6.45, 7) is 5.17. The Morgan fingerprint density at radius 1 is 1.31 bits per heavy atom. The van der Waals surface area contributed by atoms with Crippen molar-refractivity contribution in [2.24, 2.45) is 12.8 Å². The smallest absolute Gasteiger partial charge is 0.0483 e. The number of fused-ring (bicyclic) bond motifs is 1. The molecule has 0 radical (unpaired) electrons. The van der Waals surface area contributed by atoms with Crippen molar-refractivity contribution < 1.29 is 0 Å². The lowest BCUT2D eigenvalue weighted by molar-refractivity contribution is 0.865. The standard InChI is InChI=1S/C14H20N2/c1-10(2)11-4-5-13-12(6-7-15)9-16(3)14(13)8-11/h4-5,8-10H,6-7,15H2,1-3H3. The highest BCUT2D eigenvalue weighted by Gasteiger charge is 2.07. The molecule has 2 heteroatoms. The molecule has 0 saturated carbocycles. The molecule has 1 aromatic carbocycles. The van der Waals surface area contributed by atoms with Gasteiger partial charge in [-0.3, -0.25) is 0 Å². The van der Waals surface area contributed by atoms with Gasteiger partial charge in [0.15, 0.2) is 0 Å². The summed E-state index contributed by atoms with van der Waals surface area (Å²) in [6.07, 6.45) is 3.15. The SMILES string of the molecule is CC(C)c1ccc2c(CCN)cn(C)c2c1. The Hall–Kier alpha value is -1.28. The van der Waals surface area contributed by atoms with Crippen LogP contribution in [0.1, 0.15) is 30.9 Å². The molecule has 0 aliphatic carbocycles. The minimum absolute atomic E-state index is 0.581. The summed E-state index contributed by atoms with van der Waals surface area (Å²) < 4.78 is 2.20. The molecule has 2 N–H and O–H groups in total. The highest BCUT2D eigenvalue weighted by molar-refractivity contribution is 5.84. The maximum atomic E-state index is 5.63. The first kappa shape index (κ1) is 11.2. The third-order valence-electron chi connectivity index (χ3n) is 3.18. The van der Waals surface area contributed by atoms with Gasteiger partial charge in [0.05, 0.1) is 0 Å². The second-order valence-electron chi connectivity index (χ2n) is 4.74. The largest absolute Gasteiger partial charge is 0.350 e. The van der Waals surface area contributed by atoms with Gasteiger partial charge in [-0.2, -0.15) is 0 Å². The average molecular weight is 216 g/mol. The van der Waals surface area contributed by atoms with Gasteiger partial charge in [0.1, 0.15) is 0 Å². The van der Waals surface area contributed by atoms with Crippen LogP contribution in [0.15, 0.2) is 24.4 Å². The molecule has 1 aromatic heterocycles. The molecule has 1 heterocycles. The number of hydrogen-bond acceptors (Lipinski definition) is 1. The van der Waals surface area contributed by atoms with Gasteiger partial charge in [0, 0.05) is 24.1 Å². The van der Waals surface area contributed by atoms with E-state index in [0.29, 0.717) is 12.5 Å². The summed E-state index contributed by atoms with van der Waals surface area (Å²) in [5, 5.41) is 1.34. The predicted octanol–water partition coefficient (Wildman–Crippen LogP) is 2.80. The molecule has 0 fully saturated rings. The van der Waals surface area contributed by atoms with Gasteiger partial charge in [-0.25, -0.2) is 0 Å². The van der Waals surface area contributed by atoms with Crippen LogP contribution in [0.2, 0.25) is 0 Å². The molecule has 16 heavy (non-hydrogen) atoms. The Kier molecular flexibility index (Phi) is 3.01. The van der Waals surface area contributed by atoms with E-state index in [4.69, 9.17) is 5.73 Å². The van der Waals surface area contributed by atoms with E-state index in [1.165, 1.54) is 22.0 Å². The molecule has 2 nitrogen and oxygen atoms in total. The Labute approximate surface area is 97.1 Å². The number of benzene rings is 1. The van der Waals surface area contributed by atoms with Crippen LogP contribution in [-0.4, -0.2) is 11.1 Å². The van der Waals surface area contributed by atoms with E-state index in [0.717, 1.165) is 6.42 Å². The van der Waals surface area contributed by atoms with Gasteiger partial charge in [-0.1, -0.05) is 26.0 Å². The maximum Gasteiger partial charge on any atom is 0.0483 e. The second-order valence-corrected chi connectivity index (χ2v) is 4.74. The van der Waals surface area contributed by atoms with Crippen molar-refractivity contribution in [2.75, 3.05) is 6.54 Å². The normalized spacial score (nSPS) is 11.6. The van der Waals surface area contributed by atoms with Gasteiger partial charge in [-0.05, 0) is 36.1 Å². The van der Waals surface area contributed by atoms with Crippen molar-refractivity contribution in [3.8, 4) is 0 Å². The number of aromatic nitrogens is 1. The van der Waals surface area contributed by atoms with Gasteiger partial charge in [0.25, 0.3) is 0 Å². The fourth-order valence-electron chi connectivity index (χ4n) is 2.20. The molecule has 0 aliphatic rings. The van der Waals surface area contributed by atoms with E-state index < -0.39 is 0 Å². The summed E-state index contributed by atoms with van der Waals surface area (Å²) in [4.78, 5) is 0. The first-order valence-corrected chi connectivity index (χ1v) is 5.91. The summed E-state index contributed by atoms with van der Waals surface area (Å²) in [5.74, 6) is 0.581. The molecule has 0 bridgehead atoms. The van der Waals surface area contributed by atoms with Gasteiger partial charge in [0.2, 0.25) is 0 Å². The molecule has 0 aliphatic heterocycles. The number of hydrogen-bond donors (Lipinski definition) is 1. The lowest BCUT2D eigenvalue weighted by Crippen LogP contribution is -2.01. The highest BCUT2D eigenvalue weighted by atomic mass is 14.9. The lowest BCUT2D eigenvalue weighted by Gasteiger charge is -2.06. The minimum atomic E-state index is 0.581. The predicted molar refractivity (Wildman–Crippen MR) is 69.8 cm³/mol. The maximum absolute atomic E-state index is 5.63. The van der Waals surface area contributed by atoms with Crippen molar-refractivity contribution in [2.45, 2.75) is 26.2 Å². The topological polar surface area (TPSA) is 30.9 Å². The first-order valence-electron chi connectivity index (χ1n) is 5.91. The Morgan fingerprint density at radius 2 is 2.06 bits per heavy atom. The van der Waals surface area contributed by atoms with Gasteiger partial charge >= 0.3 is 0 Å². The molecular formula is C14H20N2. The fourth-order valence-corrected chi connectivity index (χ4v) is 2.20. The highest BCUT2D eigenvalue weighted by Crippen LogP contribution is 2.25. The van der Waals surface area contributed by atoms with Crippen LogP contribution in [0.3, 0.4) is 0 Å². The van der Waals surface area contributed by atoms with Crippen molar-refractivity contribution in [3.05, 3.63) is 35.5 Å². The Morgan fingerprint density at radius 3 is 2.69 bits per heavy atom. The number of nitrogens with two attached hydrogens (primary N) is 1. The first-order chi connectivity index (χ1) is 7.63. The van der Waals surface area contributed by atoms with Crippen molar-refractivity contribution in [1.29, 1.82) is 0 Å². The van der Waals surface area contributed by atoms with Crippen molar-refractivity contribution >= 4 is 10.9 Å². The van der Waals surface area contributed by atoms with Crippen LogP contribution in [0, 0.1) is 0 Å². The number of rotatable bonds is 3. The van der Waals surface area contributed by atoms with E-state index in [-0.39, 0.29) is 0 Å². The monoisotopic (exact) mass is 216 g/mol. The molecule has 86 valence electrons. The number of nitrogens with zero attached hydrogens (tertiary/aromatic N) is 1. The minimum Gasteiger partial charge on any atom is -0.350 e. The van der Waals surface area contributed by atoms with Crippen molar-refractivity contribution in [1.82, 2.24) is 4.57 Å². The third-order valence-corrected chi connectivity index (χ3v) is 3.18. The molecular weight excluding hydrogens is 196 g/mol. The van der Waals surface area contributed by atoms with E-state index in [9.17, 15) is 0 Å². The van der Waals surface area contributed by atoms with E-state index in [1.54, 1.807) is 0 Å². The molecule has 0 spiro atoms. The van der Waals surface area contributed by atoms with Crippen LogP contribution in [-0.2, 0) is 13.5 Å². The summed E-state index contributed by atoms with van der Waals surface area (Å²) in [5.41, 5.74) is 9.70. The third kappa shape index (κ3) is 1.85. The summed E-state index contributed by atoms with van der Waals surface area (Å²) in [6, 6.07) is 6.75. The molecule has 0 saturated heterocycles. The zero-order valence-corrected chi connectivity index (χ0v) is 10.3. The van der Waals surface area contributed by atoms with E-state index >= 15 is 0 Å². The quantitative estimate of drug-likeness (QED) is 0.840. The van der Waals surface area contributed by atoms with Crippen LogP contribution in [0.25, 0.3) is 10.9 Å². The molecule has 0 unspecified atom stereocenters. The Bertz CT molecular complexity index is 495. The summed E-state index contributed by atoms with van der Waals surface area (Å²) in [7, 11) is 2.10. The zero-order chi connectivity index (χ0) is 11.7. The molecule has 0 atom stereocenters. The van der Waals surface area contributed by atoms with E-state index in [2.05, 4.69) is 49.9 Å². The lowest BCUT2D eigenvalue weighted by atomic mass is 10.0. The average Bonchev–Trinajstić information content (AvgIpc) is 2.56. The second kappa shape index (κ2) is 4.30. The molecule has 0 amide bonds. The van der Waals surface area contributed by atoms with E-state index in [1.807, 2.05) is 0 Å². The van der Waals surface area contributed by atoms with Gasteiger partial charge in [-0.15, -0.1) is 0 Å².